The van der Waals surface area contributed by atoms with Gasteiger partial charge in [0.25, 0.3) is 5.56 Å². The number of phenolic OH excluding ortho intramolecular Hbond substituents is 1. The summed E-state index contributed by atoms with van der Waals surface area (Å²) in [6.45, 7) is 6.00. The zero-order valence-corrected chi connectivity index (χ0v) is 21.9. The van der Waals surface area contributed by atoms with Crippen molar-refractivity contribution in [2.75, 3.05) is 13.2 Å². The first-order valence-electron chi connectivity index (χ1n) is 10.2. The molecule has 0 unspecified atom stereocenters. The highest BCUT2D eigenvalue weighted by Crippen LogP contribution is 2.34. The number of hydrogen-bond acceptors (Lipinski definition) is 8. The summed E-state index contributed by atoms with van der Waals surface area (Å²) in [5.41, 5.74) is 1.39. The summed E-state index contributed by atoms with van der Waals surface area (Å²) in [4.78, 5) is 32.3. The normalized spacial score (nSPS) is 15.9. The van der Waals surface area contributed by atoms with Crippen LogP contribution in [0.3, 0.4) is 0 Å². The number of aromatic hydroxyl groups is 1. The molecule has 0 amide bonds. The molecule has 1 aromatic carbocycles. The standard InChI is InChI=1S/C23H21IN2O5S2/c1-4-30-15-10-13(9-14(24)20(15)27)11-17-21(28)26-19(16-7-6-8-32-16)18(22(29)31-5-2)12(3)25-23(26)33-17/h6-11,19,27H,4-5H2,1-3H3/b17-11+/t19-/m1/s1. The monoisotopic (exact) mass is 596 g/mol. The van der Waals surface area contributed by atoms with E-state index >= 15 is 0 Å². The van der Waals surface area contributed by atoms with Crippen LogP contribution in [0, 0.1) is 3.57 Å². The molecule has 0 fully saturated rings. The lowest BCUT2D eigenvalue weighted by Crippen LogP contribution is -2.39. The second kappa shape index (κ2) is 9.82. The molecule has 10 heteroatoms. The predicted molar refractivity (Wildman–Crippen MR) is 137 cm³/mol. The number of aromatic nitrogens is 1. The van der Waals surface area contributed by atoms with Gasteiger partial charge in [-0.05, 0) is 78.6 Å². The van der Waals surface area contributed by atoms with Gasteiger partial charge in [-0.1, -0.05) is 17.4 Å². The van der Waals surface area contributed by atoms with E-state index in [0.717, 1.165) is 10.4 Å². The Balaban J connectivity index is 1.91. The fourth-order valence-corrected chi connectivity index (χ4v) is 6.10. The first kappa shape index (κ1) is 23.7. The van der Waals surface area contributed by atoms with Crippen LogP contribution in [-0.2, 0) is 9.53 Å². The summed E-state index contributed by atoms with van der Waals surface area (Å²) in [6, 6.07) is 6.68. The van der Waals surface area contributed by atoms with Crippen LogP contribution in [0.15, 0.2) is 50.7 Å². The van der Waals surface area contributed by atoms with Crippen molar-refractivity contribution in [1.82, 2.24) is 4.57 Å². The quantitative estimate of drug-likeness (QED) is 0.347. The number of carbonyl (C=O) groups is 1. The third kappa shape index (κ3) is 4.51. The van der Waals surface area contributed by atoms with Crippen LogP contribution < -0.4 is 19.6 Å². The van der Waals surface area contributed by atoms with E-state index in [1.54, 1.807) is 36.6 Å². The maximum atomic E-state index is 13.5. The number of nitrogens with zero attached hydrogens (tertiary/aromatic N) is 2. The van der Waals surface area contributed by atoms with E-state index in [1.165, 1.54) is 22.7 Å². The maximum absolute atomic E-state index is 13.5. The number of phenols is 1. The largest absolute Gasteiger partial charge is 0.504 e. The topological polar surface area (TPSA) is 90.1 Å². The number of fused-ring (bicyclic) bond motifs is 1. The summed E-state index contributed by atoms with van der Waals surface area (Å²) < 4.78 is 13.5. The fraction of sp³-hybridized carbons (Fsp3) is 0.261. The maximum Gasteiger partial charge on any atom is 0.338 e. The van der Waals surface area contributed by atoms with Crippen molar-refractivity contribution in [3.8, 4) is 11.5 Å². The Kier molecular flexibility index (Phi) is 7.05. The molecule has 0 bridgehead atoms. The van der Waals surface area contributed by atoms with E-state index in [2.05, 4.69) is 4.99 Å². The lowest BCUT2D eigenvalue weighted by Gasteiger charge is -2.23. The summed E-state index contributed by atoms with van der Waals surface area (Å²) in [5, 5.41) is 12.1. The number of ether oxygens (including phenoxy) is 2. The molecule has 0 aliphatic carbocycles. The van der Waals surface area contributed by atoms with Crippen LogP contribution in [0.2, 0.25) is 0 Å². The number of rotatable bonds is 6. The number of thiazole rings is 1. The van der Waals surface area contributed by atoms with E-state index < -0.39 is 12.0 Å². The summed E-state index contributed by atoms with van der Waals surface area (Å²) in [7, 11) is 0. The van der Waals surface area contributed by atoms with Gasteiger partial charge in [0.15, 0.2) is 16.3 Å². The van der Waals surface area contributed by atoms with Crippen LogP contribution in [0.25, 0.3) is 6.08 Å². The highest BCUT2D eigenvalue weighted by Gasteiger charge is 2.33. The van der Waals surface area contributed by atoms with Gasteiger partial charge in [0.05, 0.1) is 32.6 Å². The van der Waals surface area contributed by atoms with Crippen molar-refractivity contribution in [3.63, 3.8) is 0 Å². The number of hydrogen-bond donors (Lipinski definition) is 1. The van der Waals surface area contributed by atoms with E-state index in [4.69, 9.17) is 9.47 Å². The number of thiophene rings is 1. The minimum absolute atomic E-state index is 0.0726. The first-order valence-corrected chi connectivity index (χ1v) is 13.0. The molecule has 1 aliphatic heterocycles. The van der Waals surface area contributed by atoms with Crippen molar-refractivity contribution in [3.05, 3.63) is 74.6 Å². The van der Waals surface area contributed by atoms with Crippen LogP contribution in [0.5, 0.6) is 11.5 Å². The summed E-state index contributed by atoms with van der Waals surface area (Å²) in [6.07, 6.45) is 1.75. The van der Waals surface area contributed by atoms with Gasteiger partial charge in [-0.2, -0.15) is 0 Å². The van der Waals surface area contributed by atoms with Crippen LogP contribution >= 0.6 is 45.3 Å². The predicted octanol–water partition coefficient (Wildman–Crippen LogP) is 3.57. The second-order valence-electron chi connectivity index (χ2n) is 7.10. The molecule has 172 valence electrons. The van der Waals surface area contributed by atoms with E-state index in [0.29, 0.717) is 36.5 Å². The minimum Gasteiger partial charge on any atom is -0.504 e. The van der Waals surface area contributed by atoms with Crippen molar-refractivity contribution >= 4 is 57.3 Å². The number of benzene rings is 1. The molecule has 0 saturated heterocycles. The molecule has 1 aliphatic rings. The molecular formula is C23H21IN2O5S2. The Hall–Kier alpha value is -2.44. The molecule has 3 aromatic rings. The SMILES string of the molecule is CCOC(=O)C1=C(C)N=c2s/c(=C/c3cc(I)c(O)c(OCC)c3)c(=O)n2[C@@H]1c1cccs1. The molecule has 0 radical (unpaired) electrons. The molecule has 7 nitrogen and oxygen atoms in total. The second-order valence-corrected chi connectivity index (χ2v) is 10.3. The molecule has 4 rings (SSSR count). The Labute approximate surface area is 211 Å². The van der Waals surface area contributed by atoms with Crippen molar-refractivity contribution < 1.29 is 19.4 Å². The smallest absolute Gasteiger partial charge is 0.338 e. The van der Waals surface area contributed by atoms with Crippen molar-refractivity contribution in [2.45, 2.75) is 26.8 Å². The lowest BCUT2D eigenvalue weighted by atomic mass is 10.0. The Bertz CT molecular complexity index is 1420. The lowest BCUT2D eigenvalue weighted by molar-refractivity contribution is -0.139. The number of allylic oxidation sites excluding steroid dienone is 1. The average Bonchev–Trinajstić information content (AvgIpc) is 3.40. The van der Waals surface area contributed by atoms with Crippen LogP contribution in [0.4, 0.5) is 0 Å². The molecular weight excluding hydrogens is 575 g/mol. The Morgan fingerprint density at radius 2 is 2.12 bits per heavy atom. The molecule has 0 saturated carbocycles. The van der Waals surface area contributed by atoms with Gasteiger partial charge >= 0.3 is 5.97 Å². The molecule has 0 spiro atoms. The number of carbonyl (C=O) groups excluding carboxylic acids is 1. The summed E-state index contributed by atoms with van der Waals surface area (Å²) in [5.74, 6) is -0.0373. The van der Waals surface area contributed by atoms with E-state index in [1.807, 2.05) is 47.0 Å². The van der Waals surface area contributed by atoms with Gasteiger partial charge in [0, 0.05) is 4.88 Å². The van der Waals surface area contributed by atoms with E-state index in [-0.39, 0.29) is 17.9 Å². The van der Waals surface area contributed by atoms with Gasteiger partial charge in [-0.3, -0.25) is 9.36 Å². The number of esters is 1. The van der Waals surface area contributed by atoms with Gasteiger partial charge in [0.2, 0.25) is 0 Å². The third-order valence-corrected chi connectivity index (χ3v) is 7.71. The van der Waals surface area contributed by atoms with Gasteiger partial charge in [-0.15, -0.1) is 11.3 Å². The number of halogens is 1. The first-order chi connectivity index (χ1) is 15.8. The van der Waals surface area contributed by atoms with Gasteiger partial charge < -0.3 is 14.6 Å². The summed E-state index contributed by atoms with van der Waals surface area (Å²) >= 11 is 4.76. The molecule has 33 heavy (non-hydrogen) atoms. The van der Waals surface area contributed by atoms with Crippen molar-refractivity contribution in [1.29, 1.82) is 0 Å². The minimum atomic E-state index is -0.596. The Morgan fingerprint density at radius 3 is 2.79 bits per heavy atom. The highest BCUT2D eigenvalue weighted by atomic mass is 127. The van der Waals surface area contributed by atoms with Crippen LogP contribution in [0.1, 0.15) is 37.3 Å². The fourth-order valence-electron chi connectivity index (χ4n) is 3.60. The Morgan fingerprint density at radius 1 is 1.33 bits per heavy atom. The molecule has 3 heterocycles. The third-order valence-electron chi connectivity index (χ3n) is 4.98. The van der Waals surface area contributed by atoms with E-state index in [9.17, 15) is 14.7 Å². The molecule has 1 N–H and O–H groups in total. The zero-order valence-electron chi connectivity index (χ0n) is 18.1. The average molecular weight is 596 g/mol. The molecule has 1 atom stereocenters. The van der Waals surface area contributed by atoms with Crippen molar-refractivity contribution in [2.24, 2.45) is 4.99 Å². The zero-order chi connectivity index (χ0) is 23.7. The molecule has 2 aromatic heterocycles. The highest BCUT2D eigenvalue weighted by molar-refractivity contribution is 14.1. The van der Waals surface area contributed by atoms with Gasteiger partial charge in [-0.25, -0.2) is 9.79 Å². The van der Waals surface area contributed by atoms with Gasteiger partial charge in [0.1, 0.15) is 6.04 Å². The van der Waals surface area contributed by atoms with Crippen LogP contribution in [-0.4, -0.2) is 28.9 Å².